The van der Waals surface area contributed by atoms with Gasteiger partial charge in [-0.15, -0.1) is 0 Å². The van der Waals surface area contributed by atoms with E-state index in [1.807, 2.05) is 31.2 Å². The van der Waals surface area contributed by atoms with E-state index in [4.69, 9.17) is 5.73 Å². The Bertz CT molecular complexity index is 360. The Hall–Kier alpha value is -1.15. The van der Waals surface area contributed by atoms with Crippen LogP contribution in [0.5, 0.6) is 0 Å². The van der Waals surface area contributed by atoms with Crippen LogP contribution in [0.2, 0.25) is 0 Å². The number of rotatable bonds is 5. The number of hydrogen-bond donors (Lipinski definition) is 1. The minimum absolute atomic E-state index is 0.0599. The van der Waals surface area contributed by atoms with Crippen molar-refractivity contribution < 1.29 is 4.79 Å². The fraction of sp³-hybridized carbons (Fsp3) is 0.500. The molecule has 2 atom stereocenters. The largest absolute Gasteiger partial charge is 0.321 e. The van der Waals surface area contributed by atoms with Crippen molar-refractivity contribution in [3.63, 3.8) is 0 Å². The van der Waals surface area contributed by atoms with Gasteiger partial charge in [0, 0.05) is 5.56 Å². The van der Waals surface area contributed by atoms with Crippen molar-refractivity contribution in [3.05, 3.63) is 35.4 Å². The van der Waals surface area contributed by atoms with Gasteiger partial charge >= 0.3 is 0 Å². The van der Waals surface area contributed by atoms with E-state index in [0.717, 1.165) is 18.4 Å². The maximum Gasteiger partial charge on any atom is 0.179 e. The first kappa shape index (κ1) is 12.9. The molecule has 0 saturated carbocycles. The van der Waals surface area contributed by atoms with Gasteiger partial charge in [0.2, 0.25) is 0 Å². The minimum atomic E-state index is -0.378. The van der Waals surface area contributed by atoms with Crippen LogP contribution in [-0.4, -0.2) is 11.8 Å². The van der Waals surface area contributed by atoms with Crippen molar-refractivity contribution in [2.45, 2.75) is 39.7 Å². The normalized spacial score (nSPS) is 14.5. The summed E-state index contributed by atoms with van der Waals surface area (Å²) >= 11 is 0. The lowest BCUT2D eigenvalue weighted by Gasteiger charge is -2.17. The average molecular weight is 219 g/mol. The lowest BCUT2D eigenvalue weighted by Crippen LogP contribution is -2.36. The van der Waals surface area contributed by atoms with Gasteiger partial charge in [-0.2, -0.15) is 0 Å². The smallest absolute Gasteiger partial charge is 0.179 e. The molecule has 2 heteroatoms. The Labute approximate surface area is 97.9 Å². The zero-order chi connectivity index (χ0) is 12.1. The van der Waals surface area contributed by atoms with Crippen LogP contribution in [0.3, 0.4) is 0 Å². The molecule has 0 aromatic heterocycles. The van der Waals surface area contributed by atoms with Gasteiger partial charge in [-0.25, -0.2) is 0 Å². The third kappa shape index (κ3) is 2.92. The van der Waals surface area contributed by atoms with Gasteiger partial charge in [-0.05, 0) is 24.0 Å². The number of nitrogens with two attached hydrogens (primary N) is 1. The van der Waals surface area contributed by atoms with E-state index in [9.17, 15) is 4.79 Å². The van der Waals surface area contributed by atoms with Crippen molar-refractivity contribution >= 4 is 5.78 Å². The molecule has 0 aliphatic carbocycles. The van der Waals surface area contributed by atoms with E-state index in [0.29, 0.717) is 0 Å². The number of carbonyl (C=O) groups is 1. The van der Waals surface area contributed by atoms with Gasteiger partial charge in [0.1, 0.15) is 0 Å². The summed E-state index contributed by atoms with van der Waals surface area (Å²) < 4.78 is 0. The number of benzene rings is 1. The maximum atomic E-state index is 12.1. The summed E-state index contributed by atoms with van der Waals surface area (Å²) in [4.78, 5) is 12.1. The molecule has 0 radical (unpaired) electrons. The summed E-state index contributed by atoms with van der Waals surface area (Å²) in [6.07, 6.45) is 1.88. The first-order valence-electron chi connectivity index (χ1n) is 5.98. The number of ketones is 1. The number of aryl methyl sites for hydroxylation is 1. The van der Waals surface area contributed by atoms with E-state index in [-0.39, 0.29) is 17.7 Å². The molecule has 16 heavy (non-hydrogen) atoms. The molecule has 0 heterocycles. The standard InChI is InChI=1S/C14H21NO/c1-4-10(3)13(15)14(16)12-8-6-7-11(5-2)9-12/h6-10,13H,4-5,15H2,1-3H3. The monoisotopic (exact) mass is 219 g/mol. The van der Waals surface area contributed by atoms with Crippen LogP contribution in [0.4, 0.5) is 0 Å². The molecule has 0 fully saturated rings. The summed E-state index contributed by atoms with van der Waals surface area (Å²) in [5.74, 6) is 0.294. The van der Waals surface area contributed by atoms with E-state index < -0.39 is 0 Å². The molecule has 0 bridgehead atoms. The molecule has 88 valence electrons. The summed E-state index contributed by atoms with van der Waals surface area (Å²) in [5, 5.41) is 0. The van der Waals surface area contributed by atoms with Crippen LogP contribution in [0, 0.1) is 5.92 Å². The van der Waals surface area contributed by atoms with Crippen molar-refractivity contribution in [2.75, 3.05) is 0 Å². The quantitative estimate of drug-likeness (QED) is 0.774. The molecule has 0 amide bonds. The Morgan fingerprint density at radius 3 is 2.62 bits per heavy atom. The van der Waals surface area contributed by atoms with Crippen LogP contribution in [-0.2, 0) is 6.42 Å². The Kier molecular flexibility index (Phi) is 4.69. The Balaban J connectivity index is 2.87. The van der Waals surface area contributed by atoms with Crippen molar-refractivity contribution in [1.82, 2.24) is 0 Å². The van der Waals surface area contributed by atoms with E-state index in [1.165, 1.54) is 5.56 Å². The molecule has 0 spiro atoms. The first-order chi connectivity index (χ1) is 7.60. The molecule has 1 aromatic carbocycles. The third-order valence-corrected chi connectivity index (χ3v) is 3.18. The van der Waals surface area contributed by atoms with Crippen LogP contribution in [0.25, 0.3) is 0 Å². The van der Waals surface area contributed by atoms with E-state index in [1.54, 1.807) is 0 Å². The lowest BCUT2D eigenvalue weighted by molar-refractivity contribution is 0.0935. The number of hydrogen-bond acceptors (Lipinski definition) is 2. The first-order valence-corrected chi connectivity index (χ1v) is 5.98. The van der Waals surface area contributed by atoms with Crippen LogP contribution < -0.4 is 5.73 Å². The predicted molar refractivity (Wildman–Crippen MR) is 67.6 cm³/mol. The van der Waals surface area contributed by atoms with Crippen LogP contribution in [0.15, 0.2) is 24.3 Å². The van der Waals surface area contributed by atoms with E-state index >= 15 is 0 Å². The summed E-state index contributed by atoms with van der Waals surface area (Å²) in [6, 6.07) is 7.38. The average Bonchev–Trinajstić information content (AvgIpc) is 2.36. The predicted octanol–water partition coefficient (Wildman–Crippen LogP) is 2.81. The molecule has 2 N–H and O–H groups in total. The highest BCUT2D eigenvalue weighted by atomic mass is 16.1. The fourth-order valence-corrected chi connectivity index (χ4v) is 1.65. The van der Waals surface area contributed by atoms with Gasteiger partial charge < -0.3 is 5.73 Å². The highest BCUT2D eigenvalue weighted by molar-refractivity contribution is 6.00. The second-order valence-electron chi connectivity index (χ2n) is 4.33. The van der Waals surface area contributed by atoms with Gasteiger partial charge in [0.15, 0.2) is 5.78 Å². The molecule has 0 saturated heterocycles. The fourth-order valence-electron chi connectivity index (χ4n) is 1.65. The Morgan fingerprint density at radius 1 is 1.38 bits per heavy atom. The second-order valence-corrected chi connectivity index (χ2v) is 4.33. The minimum Gasteiger partial charge on any atom is -0.321 e. The second kappa shape index (κ2) is 5.80. The molecule has 2 unspecified atom stereocenters. The van der Waals surface area contributed by atoms with Gasteiger partial charge in [0.05, 0.1) is 6.04 Å². The SMILES string of the molecule is CCc1cccc(C(=O)C(N)C(C)CC)c1. The lowest BCUT2D eigenvalue weighted by atomic mass is 9.92. The van der Waals surface area contributed by atoms with Crippen molar-refractivity contribution in [2.24, 2.45) is 11.7 Å². The molecule has 0 aliphatic heterocycles. The van der Waals surface area contributed by atoms with Crippen molar-refractivity contribution in [1.29, 1.82) is 0 Å². The zero-order valence-electron chi connectivity index (χ0n) is 10.4. The molecular weight excluding hydrogens is 198 g/mol. The zero-order valence-corrected chi connectivity index (χ0v) is 10.4. The summed E-state index contributed by atoms with van der Waals surface area (Å²) in [6.45, 7) is 6.16. The van der Waals surface area contributed by atoms with E-state index in [2.05, 4.69) is 13.8 Å². The topological polar surface area (TPSA) is 43.1 Å². The van der Waals surface area contributed by atoms with Crippen molar-refractivity contribution in [3.8, 4) is 0 Å². The van der Waals surface area contributed by atoms with Gasteiger partial charge in [-0.3, -0.25) is 4.79 Å². The highest BCUT2D eigenvalue weighted by Gasteiger charge is 2.20. The summed E-state index contributed by atoms with van der Waals surface area (Å²) in [7, 11) is 0. The highest BCUT2D eigenvalue weighted by Crippen LogP contribution is 2.13. The number of carbonyl (C=O) groups excluding carboxylic acids is 1. The molecule has 1 rings (SSSR count). The maximum absolute atomic E-state index is 12.1. The molecule has 2 nitrogen and oxygen atoms in total. The number of Topliss-reactive ketones (excluding diaryl/α,β-unsaturated/α-hetero) is 1. The third-order valence-electron chi connectivity index (χ3n) is 3.18. The van der Waals surface area contributed by atoms with Crippen LogP contribution >= 0.6 is 0 Å². The van der Waals surface area contributed by atoms with Gasteiger partial charge in [0.25, 0.3) is 0 Å². The Morgan fingerprint density at radius 2 is 2.06 bits per heavy atom. The molecular formula is C14H21NO. The summed E-state index contributed by atoms with van der Waals surface area (Å²) in [5.41, 5.74) is 7.87. The van der Waals surface area contributed by atoms with Crippen LogP contribution in [0.1, 0.15) is 43.1 Å². The van der Waals surface area contributed by atoms with Gasteiger partial charge in [-0.1, -0.05) is 45.4 Å². The molecule has 1 aromatic rings. The molecule has 0 aliphatic rings.